The predicted molar refractivity (Wildman–Crippen MR) is 59.8 cm³/mol. The first-order valence-electron chi connectivity index (χ1n) is 5.40. The van der Waals surface area contributed by atoms with Gasteiger partial charge in [-0.2, -0.15) is 5.10 Å². The van der Waals surface area contributed by atoms with Gasteiger partial charge in [0, 0.05) is 12.4 Å². The molecule has 0 aliphatic heterocycles. The number of carbonyl (C=O) groups is 1. The highest BCUT2D eigenvalue weighted by atomic mass is 16.2. The number of amides is 1. The predicted octanol–water partition coefficient (Wildman–Crippen LogP) is 0.269. The van der Waals surface area contributed by atoms with Crippen molar-refractivity contribution in [2.75, 3.05) is 0 Å². The van der Waals surface area contributed by atoms with Crippen LogP contribution in [0.15, 0.2) is 25.0 Å². The highest BCUT2D eigenvalue weighted by Crippen LogP contribution is 2.10. The lowest BCUT2D eigenvalue weighted by Gasteiger charge is -2.14. The average Bonchev–Trinajstić information content (AvgIpc) is 2.97. The van der Waals surface area contributed by atoms with Crippen LogP contribution in [-0.4, -0.2) is 30.6 Å². The smallest absolute Gasteiger partial charge is 0.242 e. The summed E-state index contributed by atoms with van der Waals surface area (Å²) in [7, 11) is 0. The molecule has 1 unspecified atom stereocenters. The Bertz CT molecular complexity index is 449. The van der Waals surface area contributed by atoms with Crippen molar-refractivity contribution in [2.24, 2.45) is 0 Å². The molecule has 0 aliphatic rings. The average molecular weight is 234 g/mol. The summed E-state index contributed by atoms with van der Waals surface area (Å²) in [4.78, 5) is 22.6. The molecular weight excluding hydrogens is 220 g/mol. The van der Waals surface area contributed by atoms with Crippen LogP contribution in [0.4, 0.5) is 0 Å². The number of hydrogen-bond donors (Lipinski definition) is 2. The first kappa shape index (κ1) is 11.3. The highest BCUT2D eigenvalue weighted by molar-refractivity contribution is 5.75. The number of nitrogens with zero attached hydrogens (tertiary/aromatic N) is 4. The van der Waals surface area contributed by atoms with Crippen molar-refractivity contribution in [3.8, 4) is 0 Å². The van der Waals surface area contributed by atoms with Gasteiger partial charge >= 0.3 is 0 Å². The molecule has 0 radical (unpaired) electrons. The van der Waals surface area contributed by atoms with Gasteiger partial charge in [0.1, 0.15) is 25.0 Å². The Morgan fingerprint density at radius 2 is 2.53 bits per heavy atom. The van der Waals surface area contributed by atoms with E-state index in [0.717, 1.165) is 12.2 Å². The fourth-order valence-corrected chi connectivity index (χ4v) is 1.53. The Balaban J connectivity index is 1.93. The molecule has 2 N–H and O–H groups in total. The van der Waals surface area contributed by atoms with Crippen LogP contribution >= 0.6 is 0 Å². The van der Waals surface area contributed by atoms with E-state index in [1.165, 1.54) is 17.3 Å². The summed E-state index contributed by atoms with van der Waals surface area (Å²) in [5, 5.41) is 6.76. The van der Waals surface area contributed by atoms with E-state index in [1.807, 2.05) is 6.92 Å². The summed E-state index contributed by atoms with van der Waals surface area (Å²) in [6.45, 7) is 2.15. The van der Waals surface area contributed by atoms with Crippen molar-refractivity contribution in [1.29, 1.82) is 0 Å². The first-order chi connectivity index (χ1) is 8.29. The molecule has 0 aliphatic carbocycles. The number of aromatic amines is 1. The number of imidazole rings is 1. The van der Waals surface area contributed by atoms with Crippen LogP contribution in [0.5, 0.6) is 0 Å². The fourth-order valence-electron chi connectivity index (χ4n) is 1.53. The van der Waals surface area contributed by atoms with Gasteiger partial charge in [-0.15, -0.1) is 0 Å². The van der Waals surface area contributed by atoms with Gasteiger partial charge in [0.15, 0.2) is 0 Å². The van der Waals surface area contributed by atoms with Crippen LogP contribution in [0.2, 0.25) is 0 Å². The van der Waals surface area contributed by atoms with E-state index >= 15 is 0 Å². The maximum absolute atomic E-state index is 11.7. The molecule has 2 rings (SSSR count). The zero-order valence-corrected chi connectivity index (χ0v) is 9.50. The normalized spacial score (nSPS) is 12.3. The van der Waals surface area contributed by atoms with E-state index in [-0.39, 0.29) is 18.5 Å². The Kier molecular flexibility index (Phi) is 3.49. The van der Waals surface area contributed by atoms with Gasteiger partial charge in [0.25, 0.3) is 0 Å². The number of aromatic nitrogens is 5. The lowest BCUT2D eigenvalue weighted by molar-refractivity contribution is -0.122. The third kappa shape index (κ3) is 2.90. The van der Waals surface area contributed by atoms with E-state index in [2.05, 4.69) is 25.4 Å². The molecule has 90 valence electrons. The number of rotatable bonds is 5. The molecule has 7 nitrogen and oxygen atoms in total. The SMILES string of the molecule is CCC(NC(=O)Cn1cncn1)c1ncc[nH]1. The lowest BCUT2D eigenvalue weighted by Crippen LogP contribution is -2.32. The van der Waals surface area contributed by atoms with Crippen molar-refractivity contribution in [1.82, 2.24) is 30.0 Å². The molecule has 0 saturated heterocycles. The molecular formula is C10H14N6O. The highest BCUT2D eigenvalue weighted by Gasteiger charge is 2.14. The second-order valence-electron chi connectivity index (χ2n) is 3.60. The molecule has 0 spiro atoms. The molecule has 2 heterocycles. The summed E-state index contributed by atoms with van der Waals surface area (Å²) < 4.78 is 1.48. The summed E-state index contributed by atoms with van der Waals surface area (Å²) in [5.74, 6) is 0.651. The third-order valence-electron chi connectivity index (χ3n) is 2.37. The molecule has 2 aromatic heterocycles. The van der Waals surface area contributed by atoms with Crippen molar-refractivity contribution < 1.29 is 4.79 Å². The van der Waals surface area contributed by atoms with Gasteiger partial charge < -0.3 is 10.3 Å². The molecule has 0 saturated carbocycles. The van der Waals surface area contributed by atoms with Crippen LogP contribution in [-0.2, 0) is 11.3 Å². The Morgan fingerprint density at radius 3 is 3.12 bits per heavy atom. The molecule has 1 amide bonds. The van der Waals surface area contributed by atoms with Gasteiger partial charge in [-0.1, -0.05) is 6.92 Å². The maximum Gasteiger partial charge on any atom is 0.242 e. The summed E-state index contributed by atoms with van der Waals surface area (Å²) >= 11 is 0. The molecule has 0 bridgehead atoms. The Hall–Kier alpha value is -2.18. The van der Waals surface area contributed by atoms with Crippen LogP contribution in [0.25, 0.3) is 0 Å². The van der Waals surface area contributed by atoms with E-state index in [1.54, 1.807) is 12.4 Å². The van der Waals surface area contributed by atoms with Crippen LogP contribution in [0.1, 0.15) is 25.2 Å². The molecule has 7 heteroatoms. The van der Waals surface area contributed by atoms with E-state index in [9.17, 15) is 4.79 Å². The maximum atomic E-state index is 11.7. The second-order valence-corrected chi connectivity index (χ2v) is 3.60. The van der Waals surface area contributed by atoms with Crippen molar-refractivity contribution in [2.45, 2.75) is 25.9 Å². The largest absolute Gasteiger partial charge is 0.347 e. The number of carbonyl (C=O) groups excluding carboxylic acids is 1. The summed E-state index contributed by atoms with van der Waals surface area (Å²) in [6, 6.07) is -0.0963. The Labute approximate surface area is 98.3 Å². The quantitative estimate of drug-likeness (QED) is 0.777. The molecule has 0 fully saturated rings. The first-order valence-corrected chi connectivity index (χ1v) is 5.40. The number of nitrogens with one attached hydrogen (secondary N) is 2. The van der Waals surface area contributed by atoms with Crippen LogP contribution in [0, 0.1) is 0 Å². The fraction of sp³-hybridized carbons (Fsp3) is 0.400. The standard InChI is InChI=1S/C10H14N6O/c1-2-8(10-12-3-4-13-10)15-9(17)5-16-7-11-6-14-16/h3-4,6-8H,2,5H2,1H3,(H,12,13)(H,15,17). The number of hydrogen-bond acceptors (Lipinski definition) is 4. The van der Waals surface area contributed by atoms with Crippen molar-refractivity contribution in [3.05, 3.63) is 30.9 Å². The van der Waals surface area contributed by atoms with Crippen molar-refractivity contribution >= 4 is 5.91 Å². The van der Waals surface area contributed by atoms with E-state index in [4.69, 9.17) is 0 Å². The molecule has 17 heavy (non-hydrogen) atoms. The van der Waals surface area contributed by atoms with Gasteiger partial charge in [-0.3, -0.25) is 4.79 Å². The monoisotopic (exact) mass is 234 g/mol. The minimum atomic E-state index is -0.112. The lowest BCUT2D eigenvalue weighted by atomic mass is 10.2. The van der Waals surface area contributed by atoms with E-state index in [0.29, 0.717) is 0 Å². The molecule has 1 atom stereocenters. The van der Waals surface area contributed by atoms with Crippen LogP contribution < -0.4 is 5.32 Å². The van der Waals surface area contributed by atoms with Gasteiger partial charge in [-0.05, 0) is 6.42 Å². The van der Waals surface area contributed by atoms with E-state index < -0.39 is 0 Å². The third-order valence-corrected chi connectivity index (χ3v) is 2.37. The number of H-pyrrole nitrogens is 1. The topological polar surface area (TPSA) is 88.5 Å². The summed E-state index contributed by atoms with van der Waals surface area (Å²) in [6.07, 6.45) is 7.09. The minimum Gasteiger partial charge on any atom is -0.347 e. The minimum absolute atomic E-state index is 0.0963. The van der Waals surface area contributed by atoms with Gasteiger partial charge in [-0.25, -0.2) is 14.6 Å². The van der Waals surface area contributed by atoms with Gasteiger partial charge in [0.2, 0.25) is 5.91 Å². The van der Waals surface area contributed by atoms with Crippen LogP contribution in [0.3, 0.4) is 0 Å². The second kappa shape index (κ2) is 5.24. The molecule has 2 aromatic rings. The summed E-state index contributed by atoms with van der Waals surface area (Å²) in [5.41, 5.74) is 0. The Morgan fingerprint density at radius 1 is 1.65 bits per heavy atom. The zero-order chi connectivity index (χ0) is 12.1. The van der Waals surface area contributed by atoms with Gasteiger partial charge in [0.05, 0.1) is 6.04 Å². The van der Waals surface area contributed by atoms with Crippen molar-refractivity contribution in [3.63, 3.8) is 0 Å². The zero-order valence-electron chi connectivity index (χ0n) is 9.50. The molecule has 0 aromatic carbocycles.